The maximum Gasteiger partial charge on any atom is 0.319 e. The molecule has 3 aliphatic rings. The van der Waals surface area contributed by atoms with Crippen LogP contribution in [-0.2, 0) is 16.0 Å². The van der Waals surface area contributed by atoms with E-state index in [1.165, 1.54) is 0 Å². The number of benzene rings is 1. The number of amides is 3. The van der Waals surface area contributed by atoms with Gasteiger partial charge in [-0.1, -0.05) is 18.7 Å². The summed E-state index contributed by atoms with van der Waals surface area (Å²) in [5.41, 5.74) is 2.48. The van der Waals surface area contributed by atoms with Crippen molar-refractivity contribution in [1.82, 2.24) is 15.6 Å². The number of hydrogen-bond donors (Lipinski definition) is 3. The van der Waals surface area contributed by atoms with Crippen molar-refractivity contribution in [3.63, 3.8) is 0 Å². The molecule has 1 aromatic carbocycles. The van der Waals surface area contributed by atoms with Gasteiger partial charge in [0.05, 0.1) is 18.6 Å². The molecule has 2 aromatic rings. The highest BCUT2D eigenvalue weighted by molar-refractivity contribution is 5.93. The number of nitrogens with one attached hydrogen (secondary N) is 3. The Kier molecular flexibility index (Phi) is 6.24. The summed E-state index contributed by atoms with van der Waals surface area (Å²) >= 11 is 0. The van der Waals surface area contributed by atoms with Crippen molar-refractivity contribution in [2.24, 2.45) is 0 Å². The number of carbonyl (C=O) groups excluding carboxylic acids is 2. The van der Waals surface area contributed by atoms with Crippen LogP contribution in [0.1, 0.15) is 23.5 Å². The highest BCUT2D eigenvalue weighted by Crippen LogP contribution is 2.54. The molecule has 35 heavy (non-hydrogen) atoms. The predicted molar refractivity (Wildman–Crippen MR) is 130 cm³/mol. The van der Waals surface area contributed by atoms with E-state index in [0.717, 1.165) is 16.9 Å². The minimum absolute atomic E-state index is 0.0442. The van der Waals surface area contributed by atoms with Gasteiger partial charge in [-0.05, 0) is 42.8 Å². The molecule has 1 saturated carbocycles. The molecule has 0 bridgehead atoms. The van der Waals surface area contributed by atoms with Gasteiger partial charge in [-0.2, -0.15) is 0 Å². The number of allylic oxidation sites excluding steroid dienone is 3. The SMILES string of the molecule is C=C/C=C(\C=C/COC)NC(=O)N[C@@H]1[C@H]2Oc3ccc(Oc4ccnc5c4CCC(=O)N5)cc3[C@@H]12. The molecular formula is C26H26N4O5. The van der Waals surface area contributed by atoms with Crippen molar-refractivity contribution in [3.05, 3.63) is 78.2 Å². The second kappa shape index (κ2) is 9.63. The molecule has 1 aliphatic carbocycles. The number of rotatable bonds is 8. The van der Waals surface area contributed by atoms with Crippen LogP contribution in [0.2, 0.25) is 0 Å². The highest BCUT2D eigenvalue weighted by atomic mass is 16.5. The second-order valence-electron chi connectivity index (χ2n) is 8.43. The quantitative estimate of drug-likeness (QED) is 0.505. The Hall–Kier alpha value is -4.11. The van der Waals surface area contributed by atoms with E-state index >= 15 is 0 Å². The molecule has 1 fully saturated rings. The number of fused-ring (bicyclic) bond motifs is 4. The van der Waals surface area contributed by atoms with E-state index in [9.17, 15) is 9.59 Å². The summed E-state index contributed by atoms with van der Waals surface area (Å²) in [6.07, 6.45) is 9.36. The normalized spacial score (nSPS) is 21.8. The second-order valence-corrected chi connectivity index (χ2v) is 8.43. The highest BCUT2D eigenvalue weighted by Gasteiger charge is 2.59. The van der Waals surface area contributed by atoms with Crippen molar-refractivity contribution >= 4 is 17.8 Å². The van der Waals surface area contributed by atoms with Gasteiger partial charge >= 0.3 is 6.03 Å². The first-order chi connectivity index (χ1) is 17.1. The summed E-state index contributed by atoms with van der Waals surface area (Å²) in [5, 5.41) is 8.59. The zero-order chi connectivity index (χ0) is 24.4. The van der Waals surface area contributed by atoms with E-state index in [-0.39, 0.29) is 30.0 Å². The van der Waals surface area contributed by atoms with Crippen molar-refractivity contribution < 1.29 is 23.8 Å². The van der Waals surface area contributed by atoms with Gasteiger partial charge in [-0.25, -0.2) is 9.78 Å². The first-order valence-electron chi connectivity index (χ1n) is 11.4. The van der Waals surface area contributed by atoms with E-state index in [1.807, 2.05) is 18.2 Å². The maximum absolute atomic E-state index is 12.5. The molecule has 0 saturated heterocycles. The fourth-order valence-electron chi connectivity index (χ4n) is 4.41. The van der Waals surface area contributed by atoms with Crippen LogP contribution in [0.5, 0.6) is 17.2 Å². The molecule has 1 aromatic heterocycles. The van der Waals surface area contributed by atoms with Gasteiger partial charge in [-0.3, -0.25) is 4.79 Å². The fraction of sp³-hybridized carbons (Fsp3) is 0.269. The first kappa shape index (κ1) is 22.7. The maximum atomic E-state index is 12.5. The lowest BCUT2D eigenvalue weighted by Crippen LogP contribution is -2.38. The number of aromatic nitrogens is 1. The molecule has 9 heteroatoms. The summed E-state index contributed by atoms with van der Waals surface area (Å²) in [6.45, 7) is 4.12. The Morgan fingerprint density at radius 3 is 3.06 bits per heavy atom. The first-order valence-corrected chi connectivity index (χ1v) is 11.4. The molecule has 3 atom stereocenters. The summed E-state index contributed by atoms with van der Waals surface area (Å²) in [7, 11) is 1.60. The van der Waals surface area contributed by atoms with Crippen molar-refractivity contribution in [2.75, 3.05) is 19.0 Å². The van der Waals surface area contributed by atoms with Crippen molar-refractivity contribution in [2.45, 2.75) is 30.9 Å². The molecule has 3 amide bonds. The monoisotopic (exact) mass is 474 g/mol. The number of pyridine rings is 1. The van der Waals surface area contributed by atoms with Crippen LogP contribution < -0.4 is 25.4 Å². The van der Waals surface area contributed by atoms with Crippen LogP contribution in [0.3, 0.4) is 0 Å². The van der Waals surface area contributed by atoms with E-state index in [0.29, 0.717) is 42.5 Å². The molecule has 9 nitrogen and oxygen atoms in total. The average molecular weight is 475 g/mol. The van der Waals surface area contributed by atoms with Crippen LogP contribution in [0.4, 0.5) is 10.6 Å². The van der Waals surface area contributed by atoms with Crippen molar-refractivity contribution in [3.8, 4) is 17.2 Å². The van der Waals surface area contributed by atoms with Gasteiger partial charge in [-0.15, -0.1) is 0 Å². The topological polar surface area (TPSA) is 111 Å². The lowest BCUT2D eigenvalue weighted by Gasteiger charge is -2.19. The lowest BCUT2D eigenvalue weighted by molar-refractivity contribution is -0.116. The number of ether oxygens (including phenoxy) is 3. The molecule has 180 valence electrons. The van der Waals surface area contributed by atoms with Crippen LogP contribution in [-0.4, -0.2) is 42.8 Å². The molecule has 3 N–H and O–H groups in total. The van der Waals surface area contributed by atoms with Gasteiger partial charge in [0.2, 0.25) is 5.91 Å². The Morgan fingerprint density at radius 1 is 1.34 bits per heavy atom. The van der Waals surface area contributed by atoms with Crippen molar-refractivity contribution in [1.29, 1.82) is 0 Å². The Labute approximate surface area is 202 Å². The van der Waals surface area contributed by atoms with Crippen LogP contribution in [0.25, 0.3) is 0 Å². The summed E-state index contributed by atoms with van der Waals surface area (Å²) in [6, 6.07) is 7.03. The molecule has 5 rings (SSSR count). The molecular weight excluding hydrogens is 448 g/mol. The number of anilines is 1. The van der Waals surface area contributed by atoms with Crippen LogP contribution >= 0.6 is 0 Å². The third-order valence-corrected chi connectivity index (χ3v) is 6.07. The van der Waals surface area contributed by atoms with E-state index in [2.05, 4.69) is 27.5 Å². The smallest absolute Gasteiger partial charge is 0.319 e. The third kappa shape index (κ3) is 4.76. The molecule has 0 radical (unpaired) electrons. The zero-order valence-corrected chi connectivity index (χ0v) is 19.2. The Bertz CT molecular complexity index is 1240. The van der Waals surface area contributed by atoms with Gasteiger partial charge in [0.1, 0.15) is 29.2 Å². The average Bonchev–Trinajstić information content (AvgIpc) is 3.35. The summed E-state index contributed by atoms with van der Waals surface area (Å²) in [5.74, 6) is 2.68. The number of urea groups is 1. The zero-order valence-electron chi connectivity index (χ0n) is 19.2. The Balaban J connectivity index is 1.24. The number of hydrogen-bond acceptors (Lipinski definition) is 6. The summed E-state index contributed by atoms with van der Waals surface area (Å²) < 4.78 is 17.2. The lowest BCUT2D eigenvalue weighted by atomic mass is 10.1. The van der Waals surface area contributed by atoms with Crippen LogP contribution in [0.15, 0.2) is 67.0 Å². The Morgan fingerprint density at radius 2 is 2.23 bits per heavy atom. The van der Waals surface area contributed by atoms with Gasteiger partial charge in [0.25, 0.3) is 0 Å². The van der Waals surface area contributed by atoms with E-state index in [1.54, 1.807) is 43.7 Å². The fourth-order valence-corrected chi connectivity index (χ4v) is 4.41. The molecule has 3 heterocycles. The van der Waals surface area contributed by atoms with E-state index < -0.39 is 0 Å². The third-order valence-electron chi connectivity index (χ3n) is 6.07. The van der Waals surface area contributed by atoms with Gasteiger partial charge < -0.3 is 30.2 Å². The molecule has 0 spiro atoms. The largest absolute Gasteiger partial charge is 0.487 e. The van der Waals surface area contributed by atoms with E-state index in [4.69, 9.17) is 14.2 Å². The standard InChI is InChI=1S/C26H26N4O5/c1-3-5-15(6-4-13-33-2)28-26(32)30-23-22-18-14-16(7-9-19(18)35-24(22)23)34-20-11-12-27-25-17(20)8-10-21(31)29-25/h3-7,9,11-12,14,22-24H,1,8,10,13H2,2H3,(H,27,29,31)(H2,28,30,32)/b6-4-,15-5+/t22-,23-,24-/m0/s1. The van der Waals surface area contributed by atoms with Gasteiger partial charge in [0, 0.05) is 36.6 Å². The number of methoxy groups -OCH3 is 1. The predicted octanol–water partition coefficient (Wildman–Crippen LogP) is 3.56. The number of carbonyl (C=O) groups is 2. The van der Waals surface area contributed by atoms with Crippen LogP contribution in [0, 0.1) is 0 Å². The molecule has 0 unspecified atom stereocenters. The van der Waals surface area contributed by atoms with Gasteiger partial charge in [0.15, 0.2) is 0 Å². The number of nitrogens with zero attached hydrogens (tertiary/aromatic N) is 1. The summed E-state index contributed by atoms with van der Waals surface area (Å²) in [4.78, 5) is 28.5. The molecule has 2 aliphatic heterocycles. The minimum Gasteiger partial charge on any atom is -0.487 e. The minimum atomic E-state index is -0.317.